The molecule has 102 valence electrons. The summed E-state index contributed by atoms with van der Waals surface area (Å²) in [6, 6.07) is 10.0. The fraction of sp³-hybridized carbons (Fsp3) is 0.188. The molecule has 0 fully saturated rings. The third-order valence-corrected chi connectivity index (χ3v) is 3.69. The van der Waals surface area contributed by atoms with Crippen molar-refractivity contribution in [3.8, 4) is 16.9 Å². The third kappa shape index (κ3) is 1.84. The number of rotatable bonds is 3. The zero-order valence-electron chi connectivity index (χ0n) is 10.9. The maximum Gasteiger partial charge on any atom is 0.304 e. The summed E-state index contributed by atoms with van der Waals surface area (Å²) in [5.41, 5.74) is 3.32. The first-order valence-corrected chi connectivity index (χ1v) is 6.30. The molecule has 4 heteroatoms. The van der Waals surface area contributed by atoms with Crippen LogP contribution in [0.1, 0.15) is 23.5 Å². The Hall–Kier alpha value is -2.36. The normalized spacial score (nSPS) is 15.6. The van der Waals surface area contributed by atoms with Crippen LogP contribution in [-0.2, 0) is 4.79 Å². The number of aliphatic carboxylic acids is 1. The molecule has 0 bridgehead atoms. The van der Waals surface area contributed by atoms with Crippen molar-refractivity contribution in [3.63, 3.8) is 0 Å². The van der Waals surface area contributed by atoms with E-state index in [9.17, 15) is 9.18 Å². The fourth-order valence-electron chi connectivity index (χ4n) is 2.91. The van der Waals surface area contributed by atoms with Crippen molar-refractivity contribution < 1.29 is 19.0 Å². The summed E-state index contributed by atoms with van der Waals surface area (Å²) in [5.74, 6) is -0.904. The van der Waals surface area contributed by atoms with Gasteiger partial charge in [-0.2, -0.15) is 0 Å². The average Bonchev–Trinajstić information content (AvgIpc) is 2.72. The molecule has 0 amide bonds. The molecule has 3 rings (SSSR count). The molecule has 1 unspecified atom stereocenters. The van der Waals surface area contributed by atoms with E-state index in [1.54, 1.807) is 13.2 Å². The molecular weight excluding hydrogens is 259 g/mol. The smallest absolute Gasteiger partial charge is 0.304 e. The molecule has 2 aromatic carbocycles. The minimum absolute atomic E-state index is 0.0589. The van der Waals surface area contributed by atoms with E-state index in [0.717, 1.165) is 16.7 Å². The van der Waals surface area contributed by atoms with E-state index in [2.05, 4.69) is 0 Å². The largest absolute Gasteiger partial charge is 0.496 e. The standard InChI is InChI=1S/C16H13FO3/c1-20-14-4-2-3-10-13(8-15(18)19)12-7-9(17)5-6-11(12)16(10)14/h2-7,13H,8H2,1H3,(H,18,19). The van der Waals surface area contributed by atoms with Gasteiger partial charge < -0.3 is 9.84 Å². The number of fused-ring (bicyclic) bond motifs is 3. The van der Waals surface area contributed by atoms with Crippen LogP contribution >= 0.6 is 0 Å². The monoisotopic (exact) mass is 272 g/mol. The number of carboxylic acids is 1. The van der Waals surface area contributed by atoms with Crippen LogP contribution in [0.3, 0.4) is 0 Å². The summed E-state index contributed by atoms with van der Waals surface area (Å²) in [4.78, 5) is 11.1. The Bertz CT molecular complexity index is 692. The zero-order chi connectivity index (χ0) is 14.3. The molecule has 0 aliphatic heterocycles. The summed E-state index contributed by atoms with van der Waals surface area (Å²) in [6.45, 7) is 0. The van der Waals surface area contributed by atoms with Gasteiger partial charge in [0.25, 0.3) is 0 Å². The van der Waals surface area contributed by atoms with Crippen molar-refractivity contribution in [2.45, 2.75) is 12.3 Å². The number of carboxylic acid groups (broad SMARTS) is 1. The number of hydrogen-bond donors (Lipinski definition) is 1. The lowest BCUT2D eigenvalue weighted by Crippen LogP contribution is -2.05. The number of ether oxygens (including phenoxy) is 1. The van der Waals surface area contributed by atoms with Crippen LogP contribution in [0.5, 0.6) is 5.75 Å². The summed E-state index contributed by atoms with van der Waals surface area (Å²) in [7, 11) is 1.57. The lowest BCUT2D eigenvalue weighted by Gasteiger charge is -2.11. The Morgan fingerprint density at radius 3 is 2.80 bits per heavy atom. The molecule has 0 aromatic heterocycles. The Morgan fingerprint density at radius 2 is 2.10 bits per heavy atom. The highest BCUT2D eigenvalue weighted by molar-refractivity contribution is 5.85. The van der Waals surface area contributed by atoms with Gasteiger partial charge in [-0.1, -0.05) is 18.2 Å². The van der Waals surface area contributed by atoms with Gasteiger partial charge in [0.05, 0.1) is 13.5 Å². The first kappa shape index (κ1) is 12.7. The molecule has 1 aliphatic rings. The van der Waals surface area contributed by atoms with E-state index in [0.29, 0.717) is 11.3 Å². The molecule has 1 N–H and O–H groups in total. The topological polar surface area (TPSA) is 46.5 Å². The Morgan fingerprint density at radius 1 is 1.30 bits per heavy atom. The van der Waals surface area contributed by atoms with Crippen molar-refractivity contribution in [3.05, 3.63) is 53.3 Å². The second kappa shape index (κ2) is 4.63. The minimum atomic E-state index is -0.902. The minimum Gasteiger partial charge on any atom is -0.496 e. The first-order valence-electron chi connectivity index (χ1n) is 6.30. The second-order valence-corrected chi connectivity index (χ2v) is 4.81. The quantitative estimate of drug-likeness (QED) is 0.931. The molecular formula is C16H13FO3. The molecule has 0 spiro atoms. The number of methoxy groups -OCH3 is 1. The van der Waals surface area contributed by atoms with E-state index >= 15 is 0 Å². The summed E-state index contributed by atoms with van der Waals surface area (Å²) in [5, 5.41) is 9.10. The summed E-state index contributed by atoms with van der Waals surface area (Å²) < 4.78 is 18.9. The van der Waals surface area contributed by atoms with Crippen molar-refractivity contribution in [2.75, 3.05) is 7.11 Å². The number of halogens is 1. The van der Waals surface area contributed by atoms with Gasteiger partial charge in [0, 0.05) is 11.5 Å². The zero-order valence-corrected chi connectivity index (χ0v) is 10.9. The van der Waals surface area contributed by atoms with Crippen molar-refractivity contribution in [2.24, 2.45) is 0 Å². The Balaban J connectivity index is 2.26. The molecule has 2 aromatic rings. The maximum atomic E-state index is 13.5. The van der Waals surface area contributed by atoms with Gasteiger partial charge in [-0.25, -0.2) is 4.39 Å². The van der Waals surface area contributed by atoms with Crippen molar-refractivity contribution in [1.82, 2.24) is 0 Å². The van der Waals surface area contributed by atoms with Gasteiger partial charge >= 0.3 is 5.97 Å². The van der Waals surface area contributed by atoms with Crippen LogP contribution in [0.2, 0.25) is 0 Å². The van der Waals surface area contributed by atoms with Crippen LogP contribution in [0, 0.1) is 5.82 Å². The van der Waals surface area contributed by atoms with Gasteiger partial charge in [-0.05, 0) is 34.9 Å². The van der Waals surface area contributed by atoms with E-state index in [4.69, 9.17) is 9.84 Å². The van der Waals surface area contributed by atoms with Gasteiger partial charge in [-0.15, -0.1) is 0 Å². The van der Waals surface area contributed by atoms with E-state index in [1.165, 1.54) is 12.1 Å². The summed E-state index contributed by atoms with van der Waals surface area (Å²) >= 11 is 0. The number of benzene rings is 2. The van der Waals surface area contributed by atoms with Crippen molar-refractivity contribution in [1.29, 1.82) is 0 Å². The van der Waals surface area contributed by atoms with Crippen LogP contribution < -0.4 is 4.74 Å². The fourth-order valence-corrected chi connectivity index (χ4v) is 2.91. The molecule has 0 heterocycles. The molecule has 3 nitrogen and oxygen atoms in total. The van der Waals surface area contributed by atoms with Crippen LogP contribution in [-0.4, -0.2) is 18.2 Å². The lowest BCUT2D eigenvalue weighted by molar-refractivity contribution is -0.137. The van der Waals surface area contributed by atoms with Gasteiger partial charge in [0.15, 0.2) is 0 Å². The van der Waals surface area contributed by atoms with Crippen LogP contribution in [0.25, 0.3) is 11.1 Å². The van der Waals surface area contributed by atoms with E-state index in [-0.39, 0.29) is 18.2 Å². The first-order chi connectivity index (χ1) is 9.61. The van der Waals surface area contributed by atoms with Crippen LogP contribution in [0.4, 0.5) is 4.39 Å². The van der Waals surface area contributed by atoms with Gasteiger partial charge in [0.1, 0.15) is 11.6 Å². The van der Waals surface area contributed by atoms with Gasteiger partial charge in [0.2, 0.25) is 0 Å². The van der Waals surface area contributed by atoms with E-state index in [1.807, 2.05) is 18.2 Å². The predicted molar refractivity (Wildman–Crippen MR) is 72.5 cm³/mol. The van der Waals surface area contributed by atoms with E-state index < -0.39 is 5.97 Å². The SMILES string of the molecule is COc1cccc2c1-c1ccc(F)cc1C2CC(=O)O. The second-order valence-electron chi connectivity index (χ2n) is 4.81. The molecule has 0 saturated carbocycles. The Labute approximate surface area is 115 Å². The Kier molecular flexibility index (Phi) is 2.93. The predicted octanol–water partition coefficient (Wildman–Crippen LogP) is 3.42. The molecule has 1 atom stereocenters. The summed E-state index contributed by atoms with van der Waals surface area (Å²) in [6.07, 6.45) is -0.0589. The number of carbonyl (C=O) groups is 1. The number of hydrogen-bond acceptors (Lipinski definition) is 2. The molecule has 0 saturated heterocycles. The lowest BCUT2D eigenvalue weighted by atomic mass is 9.93. The highest BCUT2D eigenvalue weighted by Crippen LogP contribution is 2.50. The third-order valence-electron chi connectivity index (χ3n) is 3.69. The molecule has 0 radical (unpaired) electrons. The molecule has 20 heavy (non-hydrogen) atoms. The van der Waals surface area contributed by atoms with Crippen molar-refractivity contribution >= 4 is 5.97 Å². The highest BCUT2D eigenvalue weighted by atomic mass is 19.1. The highest BCUT2D eigenvalue weighted by Gasteiger charge is 2.32. The average molecular weight is 272 g/mol. The van der Waals surface area contributed by atoms with Gasteiger partial charge in [-0.3, -0.25) is 4.79 Å². The maximum absolute atomic E-state index is 13.5. The van der Waals surface area contributed by atoms with Crippen LogP contribution in [0.15, 0.2) is 36.4 Å². The molecule has 1 aliphatic carbocycles.